The second-order valence-corrected chi connectivity index (χ2v) is 5.55. The zero-order valence-electron chi connectivity index (χ0n) is 9.06. The highest BCUT2D eigenvalue weighted by atomic mass is 28.2. The van der Waals surface area contributed by atoms with Gasteiger partial charge in [0.15, 0.2) is 0 Å². The molecule has 0 rings (SSSR count). The van der Waals surface area contributed by atoms with Crippen LogP contribution in [-0.2, 0) is 0 Å². The van der Waals surface area contributed by atoms with E-state index < -0.39 is 0 Å². The number of hydrogen-bond donors (Lipinski definition) is 0. The zero-order valence-corrected chi connectivity index (χ0v) is 10.5. The van der Waals surface area contributed by atoms with Gasteiger partial charge in [0.1, 0.15) is 9.68 Å². The van der Waals surface area contributed by atoms with Crippen LogP contribution < -0.4 is 0 Å². The maximum atomic E-state index is 4.18. The van der Waals surface area contributed by atoms with Crippen molar-refractivity contribution in [2.75, 3.05) is 13.1 Å². The van der Waals surface area contributed by atoms with Crippen LogP contribution in [0.3, 0.4) is 0 Å². The van der Waals surface area contributed by atoms with Crippen molar-refractivity contribution in [3.05, 3.63) is 11.8 Å². The summed E-state index contributed by atoms with van der Waals surface area (Å²) in [6.07, 6.45) is 1.24. The first-order valence-corrected chi connectivity index (χ1v) is 6.39. The molecule has 1 atom stereocenters. The molecule has 12 heavy (non-hydrogen) atoms. The Bertz CT molecular complexity index is 130. The minimum absolute atomic E-state index is 0.170. The fourth-order valence-corrected chi connectivity index (χ4v) is 2.80. The molecule has 0 N–H and O–H groups in total. The van der Waals surface area contributed by atoms with Gasteiger partial charge in [0.05, 0.1) is 0 Å². The molecule has 0 aliphatic rings. The van der Waals surface area contributed by atoms with Crippen molar-refractivity contribution in [3.63, 3.8) is 0 Å². The molecule has 0 aliphatic heterocycles. The van der Waals surface area contributed by atoms with Crippen molar-refractivity contribution in [2.24, 2.45) is 5.92 Å². The summed E-state index contributed by atoms with van der Waals surface area (Å²) in [5.74, 6) is 0.734. The molecule has 0 aromatic rings. The highest BCUT2D eigenvalue weighted by Crippen LogP contribution is 2.11. The van der Waals surface area contributed by atoms with E-state index >= 15 is 0 Å². The van der Waals surface area contributed by atoms with E-state index in [-0.39, 0.29) is 9.68 Å². The van der Waals surface area contributed by atoms with Crippen LogP contribution in [0.5, 0.6) is 0 Å². The van der Waals surface area contributed by atoms with E-state index in [0.717, 1.165) is 5.92 Å². The molecule has 0 aliphatic carbocycles. The first kappa shape index (κ1) is 11.9. The lowest BCUT2D eigenvalue weighted by Crippen LogP contribution is -2.30. The molecule has 0 aromatic carbocycles. The van der Waals surface area contributed by atoms with Crippen LogP contribution in [0, 0.1) is 5.92 Å². The van der Waals surface area contributed by atoms with E-state index in [2.05, 4.69) is 38.8 Å². The van der Waals surface area contributed by atoms with Gasteiger partial charge in [-0.2, -0.15) is 0 Å². The second kappa shape index (κ2) is 6.43. The van der Waals surface area contributed by atoms with Crippen molar-refractivity contribution in [2.45, 2.75) is 34.1 Å². The highest BCUT2D eigenvalue weighted by Gasteiger charge is 2.07. The van der Waals surface area contributed by atoms with Crippen LogP contribution in [0.2, 0.25) is 0 Å². The zero-order chi connectivity index (χ0) is 9.56. The fourth-order valence-electron chi connectivity index (χ4n) is 1.18. The lowest BCUT2D eigenvalue weighted by molar-refractivity contribution is 0.491. The summed E-state index contributed by atoms with van der Waals surface area (Å²) in [5, 5.41) is 1.52. The van der Waals surface area contributed by atoms with E-state index in [0.29, 0.717) is 0 Å². The number of allylic oxidation sites excluding steroid dienone is 1. The third-order valence-electron chi connectivity index (χ3n) is 2.63. The van der Waals surface area contributed by atoms with Crippen LogP contribution in [0.1, 0.15) is 34.1 Å². The average Bonchev–Trinajstić information content (AvgIpc) is 2.12. The largest absolute Gasteiger partial charge is 0.326 e. The summed E-state index contributed by atoms with van der Waals surface area (Å²) in [4.78, 5) is 0. The maximum absolute atomic E-state index is 4.18. The topological polar surface area (TPSA) is 3.24 Å². The van der Waals surface area contributed by atoms with Gasteiger partial charge in [0, 0.05) is 0 Å². The molecule has 0 amide bonds. The predicted molar refractivity (Wildman–Crippen MR) is 60.1 cm³/mol. The van der Waals surface area contributed by atoms with Crippen LogP contribution in [0.25, 0.3) is 0 Å². The van der Waals surface area contributed by atoms with E-state index in [1.54, 1.807) is 0 Å². The van der Waals surface area contributed by atoms with Gasteiger partial charge in [0.25, 0.3) is 0 Å². The Labute approximate surface area is 79.7 Å². The third kappa shape index (κ3) is 4.07. The van der Waals surface area contributed by atoms with Crippen LogP contribution >= 0.6 is 0 Å². The fraction of sp³-hybridized carbons (Fsp3) is 0.800. The lowest BCUT2D eigenvalue weighted by atomic mass is 10.1. The predicted octanol–water partition coefficient (Wildman–Crippen LogP) is 1.97. The minimum atomic E-state index is -0.170. The van der Waals surface area contributed by atoms with Crippen LogP contribution in [0.4, 0.5) is 0 Å². The number of hydrogen-bond acceptors (Lipinski definition) is 1. The smallest absolute Gasteiger partial charge is 0.122 e. The molecule has 0 aromatic heterocycles. The van der Waals surface area contributed by atoms with Gasteiger partial charge in [-0.1, -0.05) is 39.3 Å². The van der Waals surface area contributed by atoms with Crippen LogP contribution in [0.15, 0.2) is 11.8 Å². The van der Waals surface area contributed by atoms with Gasteiger partial charge >= 0.3 is 0 Å². The molecule has 0 heterocycles. The Hall–Kier alpha value is -0.0831. The van der Waals surface area contributed by atoms with Gasteiger partial charge < -0.3 is 4.57 Å². The average molecular weight is 185 g/mol. The maximum Gasteiger partial charge on any atom is 0.122 e. The molecule has 2 heteroatoms. The summed E-state index contributed by atoms with van der Waals surface area (Å²) >= 11 is 0. The van der Waals surface area contributed by atoms with Crippen molar-refractivity contribution < 1.29 is 0 Å². The Balaban J connectivity index is 3.81. The Kier molecular flexibility index (Phi) is 6.39. The van der Waals surface area contributed by atoms with Crippen molar-refractivity contribution in [3.8, 4) is 0 Å². The molecule has 0 saturated heterocycles. The third-order valence-corrected chi connectivity index (χ3v) is 5.08. The number of nitrogens with zero attached hydrogens (tertiary/aromatic N) is 1. The first-order chi connectivity index (χ1) is 5.65. The van der Waals surface area contributed by atoms with E-state index in [1.807, 2.05) is 0 Å². The molecule has 1 nitrogen and oxygen atoms in total. The van der Waals surface area contributed by atoms with E-state index in [9.17, 15) is 0 Å². The first-order valence-electron chi connectivity index (χ1n) is 5.05. The molecule has 0 bridgehead atoms. The molecule has 72 valence electrons. The Morgan fingerprint density at radius 2 is 1.83 bits per heavy atom. The Morgan fingerprint density at radius 1 is 1.33 bits per heavy atom. The summed E-state index contributed by atoms with van der Waals surface area (Å²) in [5.41, 5.74) is 0. The molecule has 0 radical (unpaired) electrons. The summed E-state index contributed by atoms with van der Waals surface area (Å²) in [6.45, 7) is 15.6. The monoisotopic (exact) mass is 185 g/mol. The van der Waals surface area contributed by atoms with Gasteiger partial charge in [-0.25, -0.2) is 0 Å². The van der Waals surface area contributed by atoms with Crippen molar-refractivity contribution in [1.82, 2.24) is 4.57 Å². The number of rotatable bonds is 6. The standard InChI is InChI=1S/C10H23NSi/c1-6-9(4)10(5)12-11(7-2)8-3/h9H,5-8,12H2,1-4H3. The van der Waals surface area contributed by atoms with Crippen LogP contribution in [-0.4, -0.2) is 27.3 Å². The molecule has 0 fully saturated rings. The van der Waals surface area contributed by atoms with Gasteiger partial charge in [0.2, 0.25) is 0 Å². The second-order valence-electron chi connectivity index (χ2n) is 3.43. The molecular weight excluding hydrogens is 162 g/mol. The summed E-state index contributed by atoms with van der Waals surface area (Å²) in [7, 11) is -0.170. The van der Waals surface area contributed by atoms with Gasteiger partial charge in [-0.15, -0.1) is 6.58 Å². The van der Waals surface area contributed by atoms with E-state index in [4.69, 9.17) is 0 Å². The van der Waals surface area contributed by atoms with Crippen molar-refractivity contribution in [1.29, 1.82) is 0 Å². The van der Waals surface area contributed by atoms with Gasteiger partial charge in [-0.05, 0) is 19.0 Å². The van der Waals surface area contributed by atoms with Crippen molar-refractivity contribution >= 4 is 9.68 Å². The Morgan fingerprint density at radius 3 is 2.17 bits per heavy atom. The molecule has 0 spiro atoms. The molecule has 1 unspecified atom stereocenters. The molecular formula is C10H23NSi. The quantitative estimate of drug-likeness (QED) is 0.572. The summed E-state index contributed by atoms with van der Waals surface area (Å²) in [6, 6.07) is 0. The lowest BCUT2D eigenvalue weighted by Gasteiger charge is -2.21. The normalized spacial score (nSPS) is 14.4. The minimum Gasteiger partial charge on any atom is -0.326 e. The van der Waals surface area contributed by atoms with E-state index in [1.165, 1.54) is 24.7 Å². The highest BCUT2D eigenvalue weighted by molar-refractivity contribution is 6.42. The summed E-state index contributed by atoms with van der Waals surface area (Å²) < 4.78 is 2.55. The molecule has 0 saturated carbocycles. The SMILES string of the molecule is C=C([SiH2]N(CC)CC)C(C)CC. The van der Waals surface area contributed by atoms with Gasteiger partial charge in [-0.3, -0.25) is 0 Å².